The molecule has 0 aliphatic heterocycles. The normalized spacial score (nSPS) is 20.9. The zero-order valence-corrected chi connectivity index (χ0v) is 10.5. The molecule has 0 heterocycles. The van der Waals surface area contributed by atoms with Crippen molar-refractivity contribution in [2.75, 3.05) is 13.2 Å². The molecule has 5 heteroatoms. The zero-order chi connectivity index (χ0) is 12.7. The quantitative estimate of drug-likeness (QED) is 0.520. The molecule has 0 bridgehead atoms. The van der Waals surface area contributed by atoms with E-state index in [2.05, 4.69) is 10.6 Å². The molecular weight excluding hydrogens is 220 g/mol. The molecule has 100 valence electrons. The Balaban J connectivity index is 2.21. The van der Waals surface area contributed by atoms with Crippen molar-refractivity contribution >= 4 is 5.91 Å². The summed E-state index contributed by atoms with van der Waals surface area (Å²) in [6.45, 7) is 1.71. The maximum Gasteiger partial charge on any atom is 0.237 e. The molecule has 1 saturated carbocycles. The molecule has 2 unspecified atom stereocenters. The van der Waals surface area contributed by atoms with Gasteiger partial charge in [0.05, 0.1) is 18.8 Å². The van der Waals surface area contributed by atoms with Crippen molar-refractivity contribution in [3.63, 3.8) is 0 Å². The van der Waals surface area contributed by atoms with Crippen molar-refractivity contribution in [2.24, 2.45) is 0 Å². The summed E-state index contributed by atoms with van der Waals surface area (Å²) in [5, 5.41) is 23.7. The SMILES string of the molecule is CC(NCC(O)CO)C(=O)NC1CCCCC1. The Bertz CT molecular complexity index is 230. The fourth-order valence-corrected chi connectivity index (χ4v) is 2.04. The van der Waals surface area contributed by atoms with Crippen molar-refractivity contribution in [2.45, 2.75) is 57.2 Å². The third-order valence-corrected chi connectivity index (χ3v) is 3.22. The molecule has 17 heavy (non-hydrogen) atoms. The Labute approximate surface area is 103 Å². The van der Waals surface area contributed by atoms with Crippen molar-refractivity contribution in [1.29, 1.82) is 0 Å². The third kappa shape index (κ3) is 5.48. The van der Waals surface area contributed by atoms with Crippen LogP contribution in [0.5, 0.6) is 0 Å². The van der Waals surface area contributed by atoms with Crippen LogP contribution in [0.4, 0.5) is 0 Å². The Kier molecular flexibility index (Phi) is 6.47. The van der Waals surface area contributed by atoms with Gasteiger partial charge >= 0.3 is 0 Å². The van der Waals surface area contributed by atoms with Gasteiger partial charge in [-0.2, -0.15) is 0 Å². The number of hydrogen-bond acceptors (Lipinski definition) is 4. The molecule has 1 rings (SSSR count). The summed E-state index contributed by atoms with van der Waals surface area (Å²) < 4.78 is 0. The lowest BCUT2D eigenvalue weighted by Gasteiger charge is -2.25. The summed E-state index contributed by atoms with van der Waals surface area (Å²) in [6, 6.07) is -0.0265. The van der Waals surface area contributed by atoms with Gasteiger partial charge in [-0.3, -0.25) is 4.79 Å². The maximum atomic E-state index is 11.8. The van der Waals surface area contributed by atoms with E-state index in [1.165, 1.54) is 19.3 Å². The molecular formula is C12H24N2O3. The number of amides is 1. The molecule has 0 saturated heterocycles. The lowest BCUT2D eigenvalue weighted by atomic mass is 9.95. The van der Waals surface area contributed by atoms with E-state index in [-0.39, 0.29) is 25.1 Å². The standard InChI is InChI=1S/C12H24N2O3/c1-9(13-7-11(16)8-15)12(17)14-10-5-3-2-4-6-10/h9-11,13,15-16H,2-8H2,1H3,(H,14,17). The molecule has 0 spiro atoms. The van der Waals surface area contributed by atoms with E-state index >= 15 is 0 Å². The van der Waals surface area contributed by atoms with E-state index in [9.17, 15) is 4.79 Å². The van der Waals surface area contributed by atoms with E-state index in [0.717, 1.165) is 12.8 Å². The van der Waals surface area contributed by atoms with E-state index in [4.69, 9.17) is 10.2 Å². The third-order valence-electron chi connectivity index (χ3n) is 3.22. The minimum Gasteiger partial charge on any atom is -0.394 e. The average Bonchev–Trinajstić information content (AvgIpc) is 2.36. The van der Waals surface area contributed by atoms with E-state index in [1.54, 1.807) is 6.92 Å². The van der Waals surface area contributed by atoms with Crippen LogP contribution in [0.25, 0.3) is 0 Å². The van der Waals surface area contributed by atoms with Crippen LogP contribution < -0.4 is 10.6 Å². The van der Waals surface area contributed by atoms with Crippen LogP contribution in [0.15, 0.2) is 0 Å². The summed E-state index contributed by atoms with van der Waals surface area (Å²) in [5.41, 5.74) is 0. The van der Waals surface area contributed by atoms with Crippen LogP contribution >= 0.6 is 0 Å². The summed E-state index contributed by atoms with van der Waals surface area (Å²) >= 11 is 0. The number of nitrogens with one attached hydrogen (secondary N) is 2. The van der Waals surface area contributed by atoms with Gasteiger partial charge in [0.1, 0.15) is 0 Å². The van der Waals surface area contributed by atoms with Crippen LogP contribution in [0.3, 0.4) is 0 Å². The van der Waals surface area contributed by atoms with Gasteiger partial charge in [-0.05, 0) is 19.8 Å². The number of carbonyl (C=O) groups is 1. The number of hydrogen-bond donors (Lipinski definition) is 4. The van der Waals surface area contributed by atoms with Crippen LogP contribution in [-0.4, -0.2) is 47.5 Å². The van der Waals surface area contributed by atoms with E-state index in [0.29, 0.717) is 6.04 Å². The zero-order valence-electron chi connectivity index (χ0n) is 10.5. The van der Waals surface area contributed by atoms with Gasteiger partial charge in [-0.25, -0.2) is 0 Å². The van der Waals surface area contributed by atoms with Gasteiger partial charge < -0.3 is 20.8 Å². The summed E-state index contributed by atoms with van der Waals surface area (Å²) in [7, 11) is 0. The van der Waals surface area contributed by atoms with Crippen molar-refractivity contribution in [1.82, 2.24) is 10.6 Å². The molecule has 5 nitrogen and oxygen atoms in total. The van der Waals surface area contributed by atoms with E-state index in [1.807, 2.05) is 0 Å². The molecule has 1 aliphatic rings. The number of aliphatic hydroxyl groups excluding tert-OH is 2. The Morgan fingerprint density at radius 3 is 2.59 bits per heavy atom. The first-order valence-corrected chi connectivity index (χ1v) is 6.46. The van der Waals surface area contributed by atoms with Gasteiger partial charge in [-0.1, -0.05) is 19.3 Å². The average molecular weight is 244 g/mol. The smallest absolute Gasteiger partial charge is 0.237 e. The second kappa shape index (κ2) is 7.63. The lowest BCUT2D eigenvalue weighted by molar-refractivity contribution is -0.123. The predicted octanol–water partition coefficient (Wildman–Crippen LogP) is -0.233. The van der Waals surface area contributed by atoms with Gasteiger partial charge in [-0.15, -0.1) is 0 Å². The molecule has 0 aromatic carbocycles. The molecule has 4 N–H and O–H groups in total. The highest BCUT2D eigenvalue weighted by molar-refractivity contribution is 5.81. The highest BCUT2D eigenvalue weighted by atomic mass is 16.3. The Morgan fingerprint density at radius 2 is 2.00 bits per heavy atom. The lowest BCUT2D eigenvalue weighted by Crippen LogP contribution is -2.48. The summed E-state index contributed by atoms with van der Waals surface area (Å²) in [6.07, 6.45) is 4.98. The van der Waals surface area contributed by atoms with E-state index < -0.39 is 6.10 Å². The Hall–Kier alpha value is -0.650. The van der Waals surface area contributed by atoms with Gasteiger partial charge in [0.15, 0.2) is 0 Å². The van der Waals surface area contributed by atoms with Gasteiger partial charge in [0, 0.05) is 12.6 Å². The topological polar surface area (TPSA) is 81.6 Å². The molecule has 0 radical (unpaired) electrons. The highest BCUT2D eigenvalue weighted by Gasteiger charge is 2.19. The number of carbonyl (C=O) groups excluding carboxylic acids is 1. The predicted molar refractivity (Wildman–Crippen MR) is 65.6 cm³/mol. The molecule has 0 aromatic heterocycles. The fourth-order valence-electron chi connectivity index (χ4n) is 2.04. The summed E-state index contributed by atoms with van der Waals surface area (Å²) in [5.74, 6) is -0.0259. The second-order valence-electron chi connectivity index (χ2n) is 4.81. The van der Waals surface area contributed by atoms with Gasteiger partial charge in [0.2, 0.25) is 5.91 Å². The first kappa shape index (κ1) is 14.4. The van der Waals surface area contributed by atoms with Gasteiger partial charge in [0.25, 0.3) is 0 Å². The highest BCUT2D eigenvalue weighted by Crippen LogP contribution is 2.17. The van der Waals surface area contributed by atoms with Crippen molar-refractivity contribution in [3.8, 4) is 0 Å². The van der Waals surface area contributed by atoms with Crippen LogP contribution in [0, 0.1) is 0 Å². The largest absolute Gasteiger partial charge is 0.394 e. The molecule has 2 atom stereocenters. The van der Waals surface area contributed by atoms with Crippen molar-refractivity contribution in [3.05, 3.63) is 0 Å². The molecule has 1 amide bonds. The first-order chi connectivity index (χ1) is 8.13. The maximum absolute atomic E-state index is 11.8. The van der Waals surface area contributed by atoms with Crippen molar-refractivity contribution < 1.29 is 15.0 Å². The van der Waals surface area contributed by atoms with Crippen LogP contribution in [0.1, 0.15) is 39.0 Å². The summed E-state index contributed by atoms with van der Waals surface area (Å²) in [4.78, 5) is 11.8. The van der Waals surface area contributed by atoms with Crippen LogP contribution in [-0.2, 0) is 4.79 Å². The molecule has 1 fully saturated rings. The van der Waals surface area contributed by atoms with Crippen LogP contribution in [0.2, 0.25) is 0 Å². The minimum atomic E-state index is -0.806. The first-order valence-electron chi connectivity index (χ1n) is 6.46. The number of aliphatic hydroxyl groups is 2. The Morgan fingerprint density at radius 1 is 1.35 bits per heavy atom. The minimum absolute atomic E-state index is 0.0259. The second-order valence-corrected chi connectivity index (χ2v) is 4.81. The molecule has 0 aromatic rings. The fraction of sp³-hybridized carbons (Fsp3) is 0.917. The molecule has 1 aliphatic carbocycles. The number of rotatable bonds is 6. The monoisotopic (exact) mass is 244 g/mol.